The molecule has 1 unspecified atom stereocenters. The fourth-order valence-electron chi connectivity index (χ4n) is 1.06. The summed E-state index contributed by atoms with van der Waals surface area (Å²) in [5, 5.41) is 9.92. The van der Waals surface area contributed by atoms with E-state index in [1.807, 2.05) is 31.2 Å². The normalized spacial score (nSPS) is 15.0. The van der Waals surface area contributed by atoms with E-state index >= 15 is 0 Å². The average Bonchev–Trinajstić information content (AvgIpc) is 2.18. The fourth-order valence-corrected chi connectivity index (χ4v) is 1.50. The minimum absolute atomic E-state index is 0.693. The molecule has 0 heterocycles. The molecule has 0 fully saturated rings. The Morgan fingerprint density at radius 3 is 2.38 bits per heavy atom. The number of hydrogen-bond donors (Lipinski definition) is 1. The highest BCUT2D eigenvalue weighted by Gasteiger charge is 2.20. The zero-order valence-corrected chi connectivity index (χ0v) is 9.78. The highest BCUT2D eigenvalue weighted by molar-refractivity contribution is 14.1. The molecule has 1 nitrogen and oxygen atoms in total. The molecule has 0 saturated heterocycles. The molecule has 0 spiro atoms. The smallest absolute Gasteiger partial charge is 0.0957 e. The number of aliphatic hydroxyl groups is 1. The third-order valence-corrected chi connectivity index (χ3v) is 3.51. The first-order valence-corrected chi connectivity index (χ1v) is 5.64. The summed E-state index contributed by atoms with van der Waals surface area (Å²) in [6.07, 6.45) is 1.79. The second kappa shape index (κ2) is 4.24. The lowest BCUT2D eigenvalue weighted by Crippen LogP contribution is -2.22. The van der Waals surface area contributed by atoms with Gasteiger partial charge in [-0.1, -0.05) is 59.5 Å². The van der Waals surface area contributed by atoms with Gasteiger partial charge in [0.25, 0.3) is 0 Å². The summed E-state index contributed by atoms with van der Waals surface area (Å²) < 4.78 is 0.693. The van der Waals surface area contributed by atoms with Crippen LogP contribution in [0.2, 0.25) is 0 Å². The molecule has 0 bridgehead atoms. The number of halogens is 1. The van der Waals surface area contributed by atoms with Gasteiger partial charge in [0, 0.05) is 4.43 Å². The molecule has 0 aliphatic rings. The number of hydrogen-bond acceptors (Lipinski definition) is 1. The van der Waals surface area contributed by atoms with Crippen molar-refractivity contribution >= 4 is 28.7 Å². The van der Waals surface area contributed by atoms with E-state index in [9.17, 15) is 5.11 Å². The van der Waals surface area contributed by atoms with Crippen LogP contribution < -0.4 is 0 Å². The lowest BCUT2D eigenvalue weighted by atomic mass is 9.97. The van der Waals surface area contributed by atoms with Gasteiger partial charge in [-0.15, -0.1) is 0 Å². The third kappa shape index (κ3) is 2.54. The maximum absolute atomic E-state index is 9.92. The van der Waals surface area contributed by atoms with E-state index in [0.29, 0.717) is 4.43 Å². The van der Waals surface area contributed by atoms with Crippen LogP contribution >= 0.6 is 22.6 Å². The van der Waals surface area contributed by atoms with Crippen LogP contribution in [-0.2, 0) is 5.60 Å². The largest absolute Gasteiger partial charge is 0.385 e. The maximum Gasteiger partial charge on any atom is 0.0957 e. The van der Waals surface area contributed by atoms with Gasteiger partial charge in [-0.3, -0.25) is 0 Å². The molecule has 0 saturated carbocycles. The molecule has 1 rings (SSSR count). The van der Waals surface area contributed by atoms with Crippen LogP contribution in [0.3, 0.4) is 0 Å². The molecular weight excluding hydrogens is 275 g/mol. The van der Waals surface area contributed by atoms with Crippen LogP contribution in [0.15, 0.2) is 30.8 Å². The first-order valence-electron chi connectivity index (χ1n) is 4.11. The maximum atomic E-state index is 9.92. The summed E-state index contributed by atoms with van der Waals surface area (Å²) in [6, 6.07) is 7.80. The number of rotatable bonds is 3. The summed E-state index contributed by atoms with van der Waals surface area (Å²) in [7, 11) is 0. The molecule has 0 amide bonds. The van der Waals surface area contributed by atoms with Crippen LogP contribution in [0.4, 0.5) is 0 Å². The predicted octanol–water partition coefficient (Wildman–Crippen LogP) is 2.97. The van der Waals surface area contributed by atoms with Gasteiger partial charge in [0.2, 0.25) is 0 Å². The van der Waals surface area contributed by atoms with Crippen LogP contribution in [-0.4, -0.2) is 9.53 Å². The zero-order chi connectivity index (χ0) is 9.90. The minimum Gasteiger partial charge on any atom is -0.385 e. The van der Waals surface area contributed by atoms with Crippen molar-refractivity contribution in [1.82, 2.24) is 0 Å². The van der Waals surface area contributed by atoms with Gasteiger partial charge < -0.3 is 5.11 Å². The summed E-state index contributed by atoms with van der Waals surface area (Å²) in [6.45, 7) is 5.50. The summed E-state index contributed by atoms with van der Waals surface area (Å²) >= 11 is 2.18. The van der Waals surface area contributed by atoms with Crippen LogP contribution in [0.25, 0.3) is 6.08 Å². The second-order valence-electron chi connectivity index (χ2n) is 3.23. The topological polar surface area (TPSA) is 20.2 Å². The van der Waals surface area contributed by atoms with E-state index in [1.165, 1.54) is 0 Å². The Morgan fingerprint density at radius 1 is 1.46 bits per heavy atom. The van der Waals surface area contributed by atoms with Gasteiger partial charge in [0.05, 0.1) is 5.60 Å². The molecular formula is C11H13IO. The van der Waals surface area contributed by atoms with E-state index in [0.717, 1.165) is 11.1 Å². The Hall–Kier alpha value is -0.350. The summed E-state index contributed by atoms with van der Waals surface area (Å²) in [5.41, 5.74) is 1.31. The molecule has 1 N–H and O–H groups in total. The predicted molar refractivity (Wildman–Crippen MR) is 65.0 cm³/mol. The lowest BCUT2D eigenvalue weighted by Gasteiger charge is -2.20. The zero-order valence-electron chi connectivity index (χ0n) is 7.63. The van der Waals surface area contributed by atoms with Gasteiger partial charge in [-0.25, -0.2) is 0 Å². The first-order chi connectivity index (χ1) is 6.10. The SMILES string of the molecule is C=Cc1ccc(C(C)(O)CI)cc1. The Balaban J connectivity index is 2.98. The standard InChI is InChI=1S/C11H13IO/c1-3-9-4-6-10(7-5-9)11(2,13)8-12/h3-7,13H,1,8H2,2H3. The molecule has 1 aromatic rings. The van der Waals surface area contributed by atoms with Crippen molar-refractivity contribution in [3.8, 4) is 0 Å². The molecule has 1 atom stereocenters. The van der Waals surface area contributed by atoms with E-state index in [2.05, 4.69) is 29.2 Å². The van der Waals surface area contributed by atoms with E-state index < -0.39 is 5.60 Å². The highest BCUT2D eigenvalue weighted by atomic mass is 127. The van der Waals surface area contributed by atoms with Crippen LogP contribution in [0, 0.1) is 0 Å². The minimum atomic E-state index is -0.722. The second-order valence-corrected chi connectivity index (χ2v) is 4.00. The number of benzene rings is 1. The summed E-state index contributed by atoms with van der Waals surface area (Å²) in [4.78, 5) is 0. The number of alkyl halides is 1. The van der Waals surface area contributed by atoms with Gasteiger partial charge in [0.1, 0.15) is 0 Å². The van der Waals surface area contributed by atoms with E-state index in [4.69, 9.17) is 0 Å². The van der Waals surface area contributed by atoms with E-state index in [-0.39, 0.29) is 0 Å². The van der Waals surface area contributed by atoms with Gasteiger partial charge in [-0.2, -0.15) is 0 Å². The van der Waals surface area contributed by atoms with Crippen molar-refractivity contribution < 1.29 is 5.11 Å². The molecule has 13 heavy (non-hydrogen) atoms. The van der Waals surface area contributed by atoms with Crippen molar-refractivity contribution in [1.29, 1.82) is 0 Å². The monoisotopic (exact) mass is 288 g/mol. The van der Waals surface area contributed by atoms with Crippen LogP contribution in [0.5, 0.6) is 0 Å². The van der Waals surface area contributed by atoms with Crippen LogP contribution in [0.1, 0.15) is 18.1 Å². The Kier molecular flexibility index (Phi) is 3.50. The van der Waals surface area contributed by atoms with E-state index in [1.54, 1.807) is 6.08 Å². The quantitative estimate of drug-likeness (QED) is 0.669. The van der Waals surface area contributed by atoms with Gasteiger partial charge in [-0.05, 0) is 18.1 Å². The Labute approximate surface area is 92.6 Å². The van der Waals surface area contributed by atoms with Crippen molar-refractivity contribution in [2.24, 2.45) is 0 Å². The average molecular weight is 288 g/mol. The molecule has 0 radical (unpaired) electrons. The molecule has 0 aromatic heterocycles. The molecule has 0 aliphatic carbocycles. The van der Waals surface area contributed by atoms with Crippen molar-refractivity contribution in [2.45, 2.75) is 12.5 Å². The molecule has 70 valence electrons. The van der Waals surface area contributed by atoms with Crippen molar-refractivity contribution in [2.75, 3.05) is 4.43 Å². The van der Waals surface area contributed by atoms with Crippen molar-refractivity contribution in [3.05, 3.63) is 42.0 Å². The Morgan fingerprint density at radius 2 is 2.00 bits per heavy atom. The molecule has 0 aliphatic heterocycles. The van der Waals surface area contributed by atoms with Crippen molar-refractivity contribution in [3.63, 3.8) is 0 Å². The van der Waals surface area contributed by atoms with Gasteiger partial charge >= 0.3 is 0 Å². The Bertz CT molecular complexity index is 287. The van der Waals surface area contributed by atoms with Gasteiger partial charge in [0.15, 0.2) is 0 Å². The third-order valence-electron chi connectivity index (χ3n) is 2.03. The molecule has 1 aromatic carbocycles. The lowest BCUT2D eigenvalue weighted by molar-refractivity contribution is 0.0872. The summed E-state index contributed by atoms with van der Waals surface area (Å²) in [5.74, 6) is 0. The first kappa shape index (κ1) is 10.7. The molecule has 2 heteroatoms. The fraction of sp³-hybridized carbons (Fsp3) is 0.273. The highest BCUT2D eigenvalue weighted by Crippen LogP contribution is 2.23.